The summed E-state index contributed by atoms with van der Waals surface area (Å²) in [7, 11) is 0. The molecule has 2 aromatic rings. The van der Waals surface area contributed by atoms with Crippen molar-refractivity contribution >= 4 is 11.6 Å². The molecule has 1 heterocycles. The molecule has 2 rings (SSSR count). The first-order valence-corrected chi connectivity index (χ1v) is 5.00. The van der Waals surface area contributed by atoms with Crippen LogP contribution >= 0.6 is 11.6 Å². The third kappa shape index (κ3) is 2.84. The number of rotatable bonds is 3. The first-order chi connectivity index (χ1) is 7.74. The van der Waals surface area contributed by atoms with Crippen LogP contribution in [0.1, 0.15) is 5.56 Å². The van der Waals surface area contributed by atoms with Gasteiger partial charge in [0.05, 0.1) is 12.4 Å². The van der Waals surface area contributed by atoms with Gasteiger partial charge in [-0.05, 0) is 17.7 Å². The van der Waals surface area contributed by atoms with Crippen molar-refractivity contribution in [3.05, 3.63) is 47.2 Å². The van der Waals surface area contributed by atoms with E-state index in [9.17, 15) is 0 Å². The molecule has 0 radical (unpaired) electrons. The molecule has 0 saturated heterocycles. The zero-order valence-corrected chi connectivity index (χ0v) is 9.05. The Hall–Kier alpha value is -1.81. The Balaban J connectivity index is 1.97. The van der Waals surface area contributed by atoms with Gasteiger partial charge in [0, 0.05) is 5.02 Å². The number of hydrogen-bond donors (Lipinski definition) is 1. The van der Waals surface area contributed by atoms with Crippen molar-refractivity contribution in [2.24, 2.45) is 0 Å². The molecule has 1 aromatic heterocycles. The second-order valence-electron chi connectivity index (χ2n) is 3.14. The van der Waals surface area contributed by atoms with Crippen LogP contribution < -0.4 is 4.74 Å². The fourth-order valence-corrected chi connectivity index (χ4v) is 1.24. The van der Waals surface area contributed by atoms with E-state index in [0.717, 1.165) is 5.56 Å². The minimum absolute atomic E-state index is 0.0128. The Morgan fingerprint density at radius 2 is 1.75 bits per heavy atom. The predicted molar refractivity (Wildman–Crippen MR) is 59.5 cm³/mol. The minimum atomic E-state index is 0.0128. The Morgan fingerprint density at radius 3 is 2.38 bits per heavy atom. The maximum absolute atomic E-state index is 8.98. The fourth-order valence-electron chi connectivity index (χ4n) is 1.11. The quantitative estimate of drug-likeness (QED) is 0.889. The number of nitrogens with zero attached hydrogens (tertiary/aromatic N) is 2. The molecule has 1 aromatic carbocycles. The molecule has 0 amide bonds. The van der Waals surface area contributed by atoms with E-state index in [1.165, 1.54) is 12.4 Å². The molecule has 0 fully saturated rings. The van der Waals surface area contributed by atoms with Crippen LogP contribution in [-0.4, -0.2) is 15.1 Å². The Bertz CT molecular complexity index is 411. The van der Waals surface area contributed by atoms with E-state index in [0.29, 0.717) is 11.6 Å². The van der Waals surface area contributed by atoms with E-state index in [2.05, 4.69) is 9.97 Å². The molecule has 5 heteroatoms. The van der Waals surface area contributed by atoms with E-state index in [-0.39, 0.29) is 11.8 Å². The van der Waals surface area contributed by atoms with Crippen LogP contribution in [0, 0.1) is 0 Å². The highest BCUT2D eigenvalue weighted by Gasteiger charge is 1.98. The minimum Gasteiger partial charge on any atom is -0.505 e. The first kappa shape index (κ1) is 10.7. The molecule has 0 aliphatic rings. The lowest BCUT2D eigenvalue weighted by Crippen LogP contribution is -1.98. The average Bonchev–Trinajstić information content (AvgIpc) is 2.30. The van der Waals surface area contributed by atoms with Crippen molar-refractivity contribution in [1.29, 1.82) is 0 Å². The lowest BCUT2D eigenvalue weighted by Gasteiger charge is -2.03. The second-order valence-corrected chi connectivity index (χ2v) is 3.58. The van der Waals surface area contributed by atoms with Gasteiger partial charge in [-0.25, -0.2) is 0 Å². The van der Waals surface area contributed by atoms with E-state index >= 15 is 0 Å². The lowest BCUT2D eigenvalue weighted by atomic mass is 10.2. The molecule has 0 saturated carbocycles. The number of ether oxygens (including phenoxy) is 1. The third-order valence-electron chi connectivity index (χ3n) is 1.90. The zero-order chi connectivity index (χ0) is 11.4. The number of halogens is 1. The molecule has 0 aliphatic carbocycles. The van der Waals surface area contributed by atoms with Gasteiger partial charge in [-0.15, -0.1) is 0 Å². The zero-order valence-electron chi connectivity index (χ0n) is 8.30. The van der Waals surface area contributed by atoms with E-state index in [1.807, 2.05) is 12.1 Å². The molecule has 0 bridgehead atoms. The lowest BCUT2D eigenvalue weighted by molar-refractivity contribution is 0.279. The maximum atomic E-state index is 8.98. The summed E-state index contributed by atoms with van der Waals surface area (Å²) >= 11 is 5.75. The van der Waals surface area contributed by atoms with Gasteiger partial charge < -0.3 is 9.84 Å². The monoisotopic (exact) mass is 236 g/mol. The van der Waals surface area contributed by atoms with Gasteiger partial charge in [-0.3, -0.25) is 0 Å². The van der Waals surface area contributed by atoms with Gasteiger partial charge in [0.1, 0.15) is 6.61 Å². The fraction of sp³-hybridized carbons (Fsp3) is 0.0909. The highest BCUT2D eigenvalue weighted by molar-refractivity contribution is 6.30. The molecule has 82 valence electrons. The second kappa shape index (κ2) is 4.81. The molecule has 0 atom stereocenters. The van der Waals surface area contributed by atoms with Crippen LogP contribution in [0.4, 0.5) is 0 Å². The van der Waals surface area contributed by atoms with Crippen molar-refractivity contribution < 1.29 is 9.84 Å². The highest BCUT2D eigenvalue weighted by atomic mass is 35.5. The smallest absolute Gasteiger partial charge is 0.316 e. The van der Waals surface area contributed by atoms with Gasteiger partial charge in [0.25, 0.3) is 0 Å². The number of aromatic hydroxyl groups is 1. The molecule has 4 nitrogen and oxygen atoms in total. The molecule has 0 aliphatic heterocycles. The van der Waals surface area contributed by atoms with Crippen LogP contribution in [0.2, 0.25) is 5.02 Å². The summed E-state index contributed by atoms with van der Waals surface area (Å²) in [5.41, 5.74) is 0.973. The molecule has 0 spiro atoms. The Morgan fingerprint density at radius 1 is 1.12 bits per heavy atom. The van der Waals surface area contributed by atoms with Crippen LogP contribution in [-0.2, 0) is 6.61 Å². The molecular formula is C11H9ClN2O2. The average molecular weight is 237 g/mol. The van der Waals surface area contributed by atoms with Crippen LogP contribution in [0.15, 0.2) is 36.7 Å². The highest BCUT2D eigenvalue weighted by Crippen LogP contribution is 2.12. The summed E-state index contributed by atoms with van der Waals surface area (Å²) in [6.45, 7) is 0.363. The van der Waals surface area contributed by atoms with Gasteiger partial charge >= 0.3 is 6.01 Å². The number of aromatic nitrogens is 2. The first-order valence-electron chi connectivity index (χ1n) is 4.62. The SMILES string of the molecule is Oc1cnc(OCc2ccc(Cl)cc2)nc1. The van der Waals surface area contributed by atoms with E-state index in [4.69, 9.17) is 21.4 Å². The summed E-state index contributed by atoms with van der Waals surface area (Å²) in [5, 5.41) is 9.66. The standard InChI is InChI=1S/C11H9ClN2O2/c12-9-3-1-8(2-4-9)7-16-11-13-5-10(15)6-14-11/h1-6,15H,7H2. The summed E-state index contributed by atoms with van der Waals surface area (Å²) in [6, 6.07) is 7.54. The molecule has 16 heavy (non-hydrogen) atoms. The van der Waals surface area contributed by atoms with Crippen molar-refractivity contribution in [3.63, 3.8) is 0 Å². The Labute approximate surface area is 97.5 Å². The largest absolute Gasteiger partial charge is 0.505 e. The predicted octanol–water partition coefficient (Wildman–Crippen LogP) is 2.41. The maximum Gasteiger partial charge on any atom is 0.316 e. The van der Waals surface area contributed by atoms with Crippen molar-refractivity contribution in [2.45, 2.75) is 6.61 Å². The summed E-state index contributed by atoms with van der Waals surface area (Å²) in [5.74, 6) is 0.0128. The van der Waals surface area contributed by atoms with Crippen LogP contribution in [0.25, 0.3) is 0 Å². The van der Waals surface area contributed by atoms with Crippen molar-refractivity contribution in [2.75, 3.05) is 0 Å². The van der Waals surface area contributed by atoms with Gasteiger partial charge in [-0.1, -0.05) is 23.7 Å². The van der Waals surface area contributed by atoms with E-state index in [1.54, 1.807) is 12.1 Å². The molecule has 1 N–H and O–H groups in total. The van der Waals surface area contributed by atoms with Gasteiger partial charge in [0.15, 0.2) is 5.75 Å². The van der Waals surface area contributed by atoms with Crippen molar-refractivity contribution in [1.82, 2.24) is 9.97 Å². The van der Waals surface area contributed by atoms with Crippen LogP contribution in [0.3, 0.4) is 0 Å². The van der Waals surface area contributed by atoms with Crippen LogP contribution in [0.5, 0.6) is 11.8 Å². The van der Waals surface area contributed by atoms with Crippen molar-refractivity contribution in [3.8, 4) is 11.8 Å². The number of benzene rings is 1. The summed E-state index contributed by atoms with van der Waals surface area (Å²) in [6.07, 6.45) is 2.56. The third-order valence-corrected chi connectivity index (χ3v) is 2.15. The number of hydrogen-bond acceptors (Lipinski definition) is 4. The topological polar surface area (TPSA) is 55.2 Å². The summed E-state index contributed by atoms with van der Waals surface area (Å²) in [4.78, 5) is 7.60. The van der Waals surface area contributed by atoms with Gasteiger partial charge in [-0.2, -0.15) is 9.97 Å². The molecular weight excluding hydrogens is 228 g/mol. The Kier molecular flexibility index (Phi) is 3.22. The van der Waals surface area contributed by atoms with Gasteiger partial charge in [0.2, 0.25) is 0 Å². The summed E-state index contributed by atoms with van der Waals surface area (Å²) < 4.78 is 5.31. The molecule has 0 unspecified atom stereocenters. The normalized spacial score (nSPS) is 10.1. The van der Waals surface area contributed by atoms with E-state index < -0.39 is 0 Å².